The van der Waals surface area contributed by atoms with E-state index in [1.54, 1.807) is 0 Å². The monoisotopic (exact) mass is 310 g/mol. The number of anilines is 2. The van der Waals surface area contributed by atoms with Crippen LogP contribution in [0.2, 0.25) is 0 Å². The van der Waals surface area contributed by atoms with Crippen LogP contribution < -0.4 is 11.5 Å². The van der Waals surface area contributed by atoms with E-state index in [9.17, 15) is 16.8 Å². The molecule has 0 aliphatic carbocycles. The first-order chi connectivity index (χ1) is 8.43. The molecule has 0 saturated heterocycles. The highest BCUT2D eigenvalue weighted by molar-refractivity contribution is 7.86. The molecule has 19 heavy (non-hydrogen) atoms. The largest absolute Gasteiger partial charge is 0.398 e. The van der Waals surface area contributed by atoms with Crippen molar-refractivity contribution in [3.05, 3.63) is 17.7 Å². The molecule has 8 nitrogen and oxygen atoms in total. The number of rotatable bonds is 4. The van der Waals surface area contributed by atoms with Gasteiger partial charge in [0.2, 0.25) is 0 Å². The predicted molar refractivity (Wildman–Crippen MR) is 69.9 cm³/mol. The molecule has 0 spiro atoms. The maximum Gasteiger partial charge on any atom is 0.298 e. The lowest BCUT2D eigenvalue weighted by atomic mass is 10.0. The van der Waals surface area contributed by atoms with Gasteiger partial charge in [0.25, 0.3) is 20.2 Å². The van der Waals surface area contributed by atoms with Gasteiger partial charge in [0.15, 0.2) is 0 Å². The minimum absolute atomic E-state index is 0.152. The minimum atomic E-state index is -4.63. The van der Waals surface area contributed by atoms with Crippen molar-refractivity contribution >= 4 is 31.6 Å². The van der Waals surface area contributed by atoms with Crippen LogP contribution in [0.25, 0.3) is 0 Å². The summed E-state index contributed by atoms with van der Waals surface area (Å²) in [4.78, 5) is -0.660. The minimum Gasteiger partial charge on any atom is -0.398 e. The molecule has 1 rings (SSSR count). The highest BCUT2D eigenvalue weighted by atomic mass is 32.2. The van der Waals surface area contributed by atoms with Crippen LogP contribution in [0.1, 0.15) is 18.4 Å². The lowest BCUT2D eigenvalue weighted by molar-refractivity contribution is 0.478. The van der Waals surface area contributed by atoms with Crippen molar-refractivity contribution in [3.8, 4) is 0 Å². The Morgan fingerprint density at radius 3 is 2.11 bits per heavy atom. The number of nitrogen functional groups attached to an aromatic ring is 2. The van der Waals surface area contributed by atoms with E-state index in [1.165, 1.54) is 19.1 Å². The van der Waals surface area contributed by atoms with Crippen molar-refractivity contribution in [1.82, 2.24) is 0 Å². The predicted octanol–water partition coefficient (Wildman–Crippen LogP) is 0.0890. The molecule has 10 heteroatoms. The fraction of sp³-hybridized carbons (Fsp3) is 0.333. The second-order valence-corrected chi connectivity index (χ2v) is 6.97. The van der Waals surface area contributed by atoms with Crippen LogP contribution in [0.15, 0.2) is 17.0 Å². The van der Waals surface area contributed by atoms with Crippen LogP contribution in [0.3, 0.4) is 0 Å². The van der Waals surface area contributed by atoms with Crippen molar-refractivity contribution in [2.75, 3.05) is 17.2 Å². The molecule has 1 unspecified atom stereocenters. The normalized spacial score (nSPS) is 14.3. The van der Waals surface area contributed by atoms with E-state index in [-0.39, 0.29) is 16.9 Å². The third-order valence-corrected chi connectivity index (χ3v) is 4.40. The van der Waals surface area contributed by atoms with Crippen LogP contribution >= 0.6 is 0 Å². The van der Waals surface area contributed by atoms with Gasteiger partial charge in [-0.3, -0.25) is 9.11 Å². The number of hydrogen-bond acceptors (Lipinski definition) is 6. The van der Waals surface area contributed by atoms with Gasteiger partial charge in [0.1, 0.15) is 4.90 Å². The van der Waals surface area contributed by atoms with Gasteiger partial charge in [-0.05, 0) is 17.5 Å². The van der Waals surface area contributed by atoms with Gasteiger partial charge in [-0.2, -0.15) is 16.8 Å². The van der Waals surface area contributed by atoms with E-state index in [1.807, 2.05) is 0 Å². The van der Waals surface area contributed by atoms with Crippen molar-refractivity contribution in [2.24, 2.45) is 0 Å². The molecule has 0 saturated carbocycles. The Labute approximate surface area is 110 Å². The third kappa shape index (κ3) is 3.80. The Balaban J connectivity index is 3.41. The maximum absolute atomic E-state index is 11.2. The topological polar surface area (TPSA) is 161 Å². The molecule has 1 aromatic carbocycles. The second-order valence-electron chi connectivity index (χ2n) is 4.11. The fourth-order valence-corrected chi connectivity index (χ4v) is 3.33. The molecule has 0 bridgehead atoms. The molecule has 0 fully saturated rings. The van der Waals surface area contributed by atoms with E-state index in [0.29, 0.717) is 0 Å². The molecular formula is C9H14N2O6S2. The third-order valence-electron chi connectivity index (χ3n) is 2.51. The van der Waals surface area contributed by atoms with Gasteiger partial charge in [-0.25, -0.2) is 0 Å². The summed E-state index contributed by atoms with van der Waals surface area (Å²) in [6, 6.07) is 2.53. The van der Waals surface area contributed by atoms with Crippen LogP contribution in [-0.4, -0.2) is 31.7 Å². The molecule has 0 aliphatic heterocycles. The maximum atomic E-state index is 11.2. The van der Waals surface area contributed by atoms with Gasteiger partial charge in [0.05, 0.1) is 17.1 Å². The van der Waals surface area contributed by atoms with Crippen LogP contribution in [-0.2, 0) is 20.2 Å². The zero-order chi connectivity index (χ0) is 15.0. The number of benzene rings is 1. The Kier molecular flexibility index (Phi) is 4.10. The molecule has 0 aromatic heterocycles. The summed E-state index contributed by atoms with van der Waals surface area (Å²) in [5.74, 6) is -1.40. The summed E-state index contributed by atoms with van der Waals surface area (Å²) in [7, 11) is -8.87. The molecule has 108 valence electrons. The Hall–Kier alpha value is -1.36. The molecule has 1 aromatic rings. The Morgan fingerprint density at radius 1 is 1.16 bits per heavy atom. The molecule has 1 atom stereocenters. The quantitative estimate of drug-likeness (QED) is 0.449. The number of hydrogen-bond donors (Lipinski definition) is 4. The lowest BCUT2D eigenvalue weighted by Crippen LogP contribution is -2.15. The van der Waals surface area contributed by atoms with Gasteiger partial charge < -0.3 is 11.5 Å². The molecule has 0 aliphatic rings. The van der Waals surface area contributed by atoms with Crippen LogP contribution in [0.5, 0.6) is 0 Å². The standard InChI is InChI=1S/C9H14N2O6S2/c1-5(4-18(12,13)14)6-2-3-7(10)9(8(6)11)19(15,16)17/h2-3,5H,4,10-11H2,1H3,(H,12,13,14)(H,15,16,17). The summed E-state index contributed by atoms with van der Waals surface area (Å²) < 4.78 is 61.7. The van der Waals surface area contributed by atoms with Crippen molar-refractivity contribution in [2.45, 2.75) is 17.7 Å². The molecule has 0 radical (unpaired) electrons. The van der Waals surface area contributed by atoms with E-state index < -0.39 is 36.8 Å². The van der Waals surface area contributed by atoms with Gasteiger partial charge in [-0.15, -0.1) is 0 Å². The summed E-state index contributed by atoms with van der Waals surface area (Å²) in [6.07, 6.45) is 0. The lowest BCUT2D eigenvalue weighted by Gasteiger charge is -2.16. The van der Waals surface area contributed by atoms with Crippen molar-refractivity contribution in [3.63, 3.8) is 0 Å². The fourth-order valence-electron chi connectivity index (χ4n) is 1.75. The second kappa shape index (κ2) is 4.96. The SMILES string of the molecule is CC(CS(=O)(=O)O)c1ccc(N)c(S(=O)(=O)O)c1N. The first-order valence-corrected chi connectivity index (χ1v) is 8.09. The Bertz CT molecular complexity index is 696. The van der Waals surface area contributed by atoms with Gasteiger partial charge in [0, 0.05) is 0 Å². The molecule has 6 N–H and O–H groups in total. The summed E-state index contributed by atoms with van der Waals surface area (Å²) in [6.45, 7) is 1.43. The first kappa shape index (κ1) is 15.7. The smallest absolute Gasteiger partial charge is 0.298 e. The Morgan fingerprint density at radius 2 is 1.68 bits per heavy atom. The molecular weight excluding hydrogens is 296 g/mol. The highest BCUT2D eigenvalue weighted by Gasteiger charge is 2.24. The molecule has 0 amide bonds. The van der Waals surface area contributed by atoms with E-state index in [2.05, 4.69) is 0 Å². The van der Waals surface area contributed by atoms with Gasteiger partial charge >= 0.3 is 0 Å². The average Bonchev–Trinajstić information content (AvgIpc) is 2.11. The number of nitrogens with two attached hydrogens (primary N) is 2. The van der Waals surface area contributed by atoms with E-state index >= 15 is 0 Å². The van der Waals surface area contributed by atoms with Crippen LogP contribution in [0, 0.1) is 0 Å². The van der Waals surface area contributed by atoms with E-state index in [4.69, 9.17) is 20.6 Å². The summed E-state index contributed by atoms with van der Waals surface area (Å²) >= 11 is 0. The zero-order valence-electron chi connectivity index (χ0n) is 9.94. The average molecular weight is 310 g/mol. The van der Waals surface area contributed by atoms with E-state index in [0.717, 1.165) is 0 Å². The highest BCUT2D eigenvalue weighted by Crippen LogP contribution is 2.33. The summed E-state index contributed by atoms with van der Waals surface area (Å²) in [5, 5.41) is 0. The van der Waals surface area contributed by atoms with Crippen LogP contribution in [0.4, 0.5) is 11.4 Å². The molecule has 0 heterocycles. The zero-order valence-corrected chi connectivity index (χ0v) is 11.6. The van der Waals surface area contributed by atoms with Gasteiger partial charge in [-0.1, -0.05) is 13.0 Å². The van der Waals surface area contributed by atoms with Crippen molar-refractivity contribution < 1.29 is 25.9 Å². The summed E-state index contributed by atoms with van der Waals surface area (Å²) in [5.41, 5.74) is 10.6. The first-order valence-electron chi connectivity index (χ1n) is 5.04. The van der Waals surface area contributed by atoms with Crippen molar-refractivity contribution in [1.29, 1.82) is 0 Å².